The largest absolute Gasteiger partial charge is 0.488 e. The summed E-state index contributed by atoms with van der Waals surface area (Å²) in [6.07, 6.45) is 1.14. The first-order valence-electron chi connectivity index (χ1n) is 5.44. The lowest BCUT2D eigenvalue weighted by atomic mass is 10.1. The number of halogens is 1. The molecular weight excluding hydrogens is 235 g/mol. The van der Waals surface area contributed by atoms with Gasteiger partial charge in [0.2, 0.25) is 5.43 Å². The van der Waals surface area contributed by atoms with Gasteiger partial charge in [0.1, 0.15) is 11.6 Å². The third-order valence-electron chi connectivity index (χ3n) is 2.42. The fourth-order valence-corrected chi connectivity index (χ4v) is 1.65. The number of hydrogen-bond acceptors (Lipinski definition) is 3. The number of nitriles is 1. The van der Waals surface area contributed by atoms with Crippen molar-refractivity contribution in [2.45, 2.75) is 20.0 Å². The molecule has 2 rings (SSSR count). The Kier molecular flexibility index (Phi) is 3.02. The van der Waals surface area contributed by atoms with E-state index in [0.29, 0.717) is 5.52 Å². The molecule has 1 aromatic heterocycles. The standard InChI is InChI=1S/C13H11FN2O2/c1-7(2)18-12-4-11-9(3-10(12)14)13(17)8(5-15)6-16-11/h3-4,6-7H,1-2H3,(H,16,17). The fourth-order valence-electron chi connectivity index (χ4n) is 1.65. The van der Waals surface area contributed by atoms with Gasteiger partial charge in [-0.05, 0) is 19.9 Å². The number of benzene rings is 1. The number of H-pyrrole nitrogens is 1. The molecule has 0 aliphatic heterocycles. The molecule has 1 heterocycles. The predicted molar refractivity (Wildman–Crippen MR) is 65.0 cm³/mol. The summed E-state index contributed by atoms with van der Waals surface area (Å²) in [6, 6.07) is 4.27. The normalized spacial score (nSPS) is 10.6. The Balaban J connectivity index is 2.69. The Labute approximate surface area is 103 Å². The molecule has 0 fully saturated rings. The highest BCUT2D eigenvalue weighted by atomic mass is 19.1. The number of pyridine rings is 1. The van der Waals surface area contributed by atoms with Crippen molar-refractivity contribution in [3.8, 4) is 11.8 Å². The minimum Gasteiger partial charge on any atom is -0.488 e. The zero-order valence-corrected chi connectivity index (χ0v) is 9.95. The molecule has 0 saturated heterocycles. The SMILES string of the molecule is CC(C)Oc1cc2[nH]cc(C#N)c(=O)c2cc1F. The van der Waals surface area contributed by atoms with Crippen LogP contribution in [0.2, 0.25) is 0 Å². The Morgan fingerprint density at radius 1 is 1.44 bits per heavy atom. The Morgan fingerprint density at radius 2 is 2.17 bits per heavy atom. The molecule has 0 bridgehead atoms. The van der Waals surface area contributed by atoms with Gasteiger partial charge >= 0.3 is 0 Å². The lowest BCUT2D eigenvalue weighted by molar-refractivity contribution is 0.231. The van der Waals surface area contributed by atoms with Crippen LogP contribution in [0.1, 0.15) is 19.4 Å². The molecule has 0 radical (unpaired) electrons. The second kappa shape index (κ2) is 4.49. The van der Waals surface area contributed by atoms with Crippen LogP contribution in [-0.4, -0.2) is 11.1 Å². The van der Waals surface area contributed by atoms with Crippen molar-refractivity contribution in [1.82, 2.24) is 4.98 Å². The van der Waals surface area contributed by atoms with Crippen LogP contribution in [0, 0.1) is 17.1 Å². The highest BCUT2D eigenvalue weighted by Gasteiger charge is 2.11. The highest BCUT2D eigenvalue weighted by Crippen LogP contribution is 2.23. The van der Waals surface area contributed by atoms with Gasteiger partial charge in [0, 0.05) is 12.3 Å². The van der Waals surface area contributed by atoms with Crippen molar-refractivity contribution in [2.24, 2.45) is 0 Å². The van der Waals surface area contributed by atoms with Gasteiger partial charge in [-0.3, -0.25) is 4.79 Å². The smallest absolute Gasteiger partial charge is 0.207 e. The maximum Gasteiger partial charge on any atom is 0.207 e. The van der Waals surface area contributed by atoms with Crippen LogP contribution in [0.5, 0.6) is 5.75 Å². The molecule has 0 amide bonds. The lowest BCUT2D eigenvalue weighted by Gasteiger charge is -2.11. The molecule has 0 atom stereocenters. The first kappa shape index (κ1) is 12.1. The maximum absolute atomic E-state index is 13.7. The second-order valence-corrected chi connectivity index (χ2v) is 4.14. The summed E-state index contributed by atoms with van der Waals surface area (Å²) in [5.41, 5.74) is -0.0864. The number of rotatable bonds is 2. The second-order valence-electron chi connectivity index (χ2n) is 4.14. The van der Waals surface area contributed by atoms with E-state index in [2.05, 4.69) is 4.98 Å². The summed E-state index contributed by atoms with van der Waals surface area (Å²) in [5.74, 6) is -0.533. The topological polar surface area (TPSA) is 65.9 Å². The van der Waals surface area contributed by atoms with E-state index in [9.17, 15) is 9.18 Å². The van der Waals surface area contributed by atoms with Gasteiger partial charge in [-0.1, -0.05) is 0 Å². The van der Waals surface area contributed by atoms with E-state index < -0.39 is 11.2 Å². The van der Waals surface area contributed by atoms with Crippen LogP contribution in [0.25, 0.3) is 10.9 Å². The Hall–Kier alpha value is -2.35. The summed E-state index contributed by atoms with van der Waals surface area (Å²) >= 11 is 0. The number of nitrogens with zero attached hydrogens (tertiary/aromatic N) is 1. The van der Waals surface area contributed by atoms with E-state index in [4.69, 9.17) is 10.00 Å². The summed E-state index contributed by atoms with van der Waals surface area (Å²) < 4.78 is 19.0. The summed E-state index contributed by atoms with van der Waals surface area (Å²) in [4.78, 5) is 14.6. The number of hydrogen-bond donors (Lipinski definition) is 1. The molecule has 2 aromatic rings. The van der Waals surface area contributed by atoms with E-state index in [1.165, 1.54) is 12.3 Å². The van der Waals surface area contributed by atoms with Crippen LogP contribution in [0.15, 0.2) is 23.1 Å². The van der Waals surface area contributed by atoms with Crippen molar-refractivity contribution in [3.05, 3.63) is 39.9 Å². The van der Waals surface area contributed by atoms with Crippen molar-refractivity contribution < 1.29 is 9.13 Å². The van der Waals surface area contributed by atoms with Crippen molar-refractivity contribution >= 4 is 10.9 Å². The van der Waals surface area contributed by atoms with Gasteiger partial charge < -0.3 is 9.72 Å². The zero-order chi connectivity index (χ0) is 13.3. The van der Waals surface area contributed by atoms with Gasteiger partial charge in [-0.2, -0.15) is 5.26 Å². The average Bonchev–Trinajstić information content (AvgIpc) is 2.31. The number of ether oxygens (including phenoxy) is 1. The first-order valence-corrected chi connectivity index (χ1v) is 5.44. The van der Waals surface area contributed by atoms with E-state index in [-0.39, 0.29) is 22.8 Å². The van der Waals surface area contributed by atoms with Crippen LogP contribution in [0.4, 0.5) is 4.39 Å². The maximum atomic E-state index is 13.7. The molecule has 1 aromatic carbocycles. The Bertz CT molecular complexity index is 698. The fraction of sp³-hybridized carbons (Fsp3) is 0.231. The quantitative estimate of drug-likeness (QED) is 0.884. The molecule has 1 N–H and O–H groups in total. The molecule has 0 spiro atoms. The Morgan fingerprint density at radius 3 is 2.78 bits per heavy atom. The van der Waals surface area contributed by atoms with Crippen LogP contribution in [-0.2, 0) is 0 Å². The molecule has 4 nitrogen and oxygen atoms in total. The van der Waals surface area contributed by atoms with Gasteiger partial charge in [0.05, 0.1) is 17.0 Å². The third-order valence-corrected chi connectivity index (χ3v) is 2.42. The molecule has 0 aliphatic rings. The molecule has 92 valence electrons. The van der Waals surface area contributed by atoms with Crippen molar-refractivity contribution in [2.75, 3.05) is 0 Å². The third kappa shape index (κ3) is 2.05. The first-order chi connectivity index (χ1) is 8.52. The number of aromatic amines is 1. The summed E-state index contributed by atoms with van der Waals surface area (Å²) in [7, 11) is 0. The average molecular weight is 246 g/mol. The molecule has 0 unspecified atom stereocenters. The minimum atomic E-state index is -0.614. The van der Waals surface area contributed by atoms with E-state index in [0.717, 1.165) is 6.07 Å². The monoisotopic (exact) mass is 246 g/mol. The number of fused-ring (bicyclic) bond motifs is 1. The number of nitrogens with one attached hydrogen (secondary N) is 1. The van der Waals surface area contributed by atoms with Crippen LogP contribution in [0.3, 0.4) is 0 Å². The molecule has 18 heavy (non-hydrogen) atoms. The van der Waals surface area contributed by atoms with E-state index in [1.807, 2.05) is 0 Å². The van der Waals surface area contributed by atoms with Crippen LogP contribution >= 0.6 is 0 Å². The van der Waals surface area contributed by atoms with Gasteiger partial charge in [-0.25, -0.2) is 4.39 Å². The molecule has 0 aliphatic carbocycles. The van der Waals surface area contributed by atoms with Crippen LogP contribution < -0.4 is 10.2 Å². The molecule has 0 saturated carbocycles. The zero-order valence-electron chi connectivity index (χ0n) is 9.95. The van der Waals surface area contributed by atoms with Gasteiger partial charge in [0.15, 0.2) is 11.6 Å². The highest BCUT2D eigenvalue weighted by molar-refractivity contribution is 5.81. The summed E-state index contributed by atoms with van der Waals surface area (Å²) in [5, 5.41) is 8.87. The molecular formula is C13H11FN2O2. The van der Waals surface area contributed by atoms with E-state index >= 15 is 0 Å². The van der Waals surface area contributed by atoms with Crippen molar-refractivity contribution in [1.29, 1.82) is 5.26 Å². The van der Waals surface area contributed by atoms with Gasteiger partial charge in [-0.15, -0.1) is 0 Å². The lowest BCUT2D eigenvalue weighted by Crippen LogP contribution is -2.10. The predicted octanol–water partition coefficient (Wildman–Crippen LogP) is 2.33. The van der Waals surface area contributed by atoms with E-state index in [1.54, 1.807) is 19.9 Å². The number of aromatic nitrogens is 1. The minimum absolute atomic E-state index is 0.0422. The van der Waals surface area contributed by atoms with Crippen molar-refractivity contribution in [3.63, 3.8) is 0 Å². The molecule has 5 heteroatoms. The van der Waals surface area contributed by atoms with Gasteiger partial charge in [0.25, 0.3) is 0 Å². The summed E-state index contributed by atoms with van der Waals surface area (Å²) in [6.45, 7) is 3.57.